The number of allylic oxidation sites excluding steroid dienone is 1. The number of rotatable bonds is 9. The summed E-state index contributed by atoms with van der Waals surface area (Å²) in [7, 11) is 1.68. The zero-order valence-corrected chi connectivity index (χ0v) is 11.7. The molecule has 0 aliphatic heterocycles. The predicted octanol–water partition coefficient (Wildman–Crippen LogP) is 3.14. The second-order valence-electron chi connectivity index (χ2n) is 4.43. The van der Waals surface area contributed by atoms with E-state index in [9.17, 15) is 4.79 Å². The van der Waals surface area contributed by atoms with Crippen molar-refractivity contribution in [1.82, 2.24) is 0 Å². The first kappa shape index (κ1) is 15.6. The van der Waals surface area contributed by atoms with E-state index in [1.165, 1.54) is 5.56 Å². The van der Waals surface area contributed by atoms with E-state index in [0.717, 1.165) is 12.8 Å². The Morgan fingerprint density at radius 2 is 2.05 bits per heavy atom. The summed E-state index contributed by atoms with van der Waals surface area (Å²) < 4.78 is 11.0. The van der Waals surface area contributed by atoms with Crippen LogP contribution in [-0.4, -0.2) is 25.6 Å². The van der Waals surface area contributed by atoms with Crippen LogP contribution in [0.25, 0.3) is 0 Å². The summed E-state index contributed by atoms with van der Waals surface area (Å²) in [6.07, 6.45) is 5.10. The number of methoxy groups -OCH3 is 1. The van der Waals surface area contributed by atoms with Gasteiger partial charge in [0.2, 0.25) is 0 Å². The van der Waals surface area contributed by atoms with Gasteiger partial charge in [-0.15, -0.1) is 0 Å². The largest absolute Gasteiger partial charge is 0.381 e. The Kier molecular flexibility index (Phi) is 7.78. The first-order valence-corrected chi connectivity index (χ1v) is 6.54. The van der Waals surface area contributed by atoms with Gasteiger partial charge < -0.3 is 9.47 Å². The molecule has 1 aromatic carbocycles. The van der Waals surface area contributed by atoms with Gasteiger partial charge in [0, 0.05) is 13.7 Å². The van der Waals surface area contributed by atoms with Gasteiger partial charge in [0.05, 0.1) is 12.7 Å². The average Bonchev–Trinajstić information content (AvgIpc) is 2.42. The molecule has 19 heavy (non-hydrogen) atoms. The van der Waals surface area contributed by atoms with Gasteiger partial charge in [-0.2, -0.15) is 0 Å². The van der Waals surface area contributed by atoms with Gasteiger partial charge in [0.25, 0.3) is 0 Å². The van der Waals surface area contributed by atoms with Crippen LogP contribution < -0.4 is 0 Å². The quantitative estimate of drug-likeness (QED) is 0.506. The highest BCUT2D eigenvalue weighted by Gasteiger charge is 2.05. The molecule has 0 saturated carbocycles. The maximum absolute atomic E-state index is 10.8. The Balaban J connectivity index is 2.17. The Hall–Kier alpha value is -1.45. The molecule has 3 heteroatoms. The lowest BCUT2D eigenvalue weighted by molar-refractivity contribution is -0.112. The molecule has 104 valence electrons. The van der Waals surface area contributed by atoms with Gasteiger partial charge in [-0.05, 0) is 31.4 Å². The van der Waals surface area contributed by atoms with Crippen molar-refractivity contribution in [3.63, 3.8) is 0 Å². The fourth-order valence-electron chi connectivity index (χ4n) is 1.70. The molecule has 0 saturated heterocycles. The molecular weight excluding hydrogens is 240 g/mol. The third kappa shape index (κ3) is 7.54. The topological polar surface area (TPSA) is 35.5 Å². The van der Waals surface area contributed by atoms with Crippen LogP contribution in [0, 0.1) is 0 Å². The molecule has 0 amide bonds. The fraction of sp³-hybridized carbons (Fsp3) is 0.438. The van der Waals surface area contributed by atoms with E-state index in [0.29, 0.717) is 13.2 Å². The molecule has 3 nitrogen and oxygen atoms in total. The number of carbonyl (C=O) groups is 1. The van der Waals surface area contributed by atoms with E-state index in [1.807, 2.05) is 36.4 Å². The summed E-state index contributed by atoms with van der Waals surface area (Å²) in [5.41, 5.74) is 1.17. The maximum atomic E-state index is 10.8. The number of hydrogen-bond acceptors (Lipinski definition) is 3. The molecular formula is C16H22O3. The van der Waals surface area contributed by atoms with Crippen molar-refractivity contribution in [2.75, 3.05) is 13.7 Å². The Bertz CT molecular complexity index is 384. The van der Waals surface area contributed by atoms with Crippen molar-refractivity contribution < 1.29 is 14.3 Å². The van der Waals surface area contributed by atoms with Crippen molar-refractivity contribution in [2.24, 2.45) is 0 Å². The van der Waals surface area contributed by atoms with E-state index < -0.39 is 0 Å². The van der Waals surface area contributed by atoms with E-state index in [4.69, 9.17) is 9.47 Å². The lowest BCUT2D eigenvalue weighted by Gasteiger charge is -2.13. The highest BCUT2D eigenvalue weighted by molar-refractivity contribution is 5.87. The molecule has 0 aromatic heterocycles. The monoisotopic (exact) mass is 262 g/mol. The molecule has 0 fully saturated rings. The molecule has 1 rings (SSSR count). The molecule has 0 heterocycles. The molecule has 0 aliphatic carbocycles. The SMILES string of the molecule is CO[C@@H](C/C=C/C(C)=O)CCOCc1ccccc1. The van der Waals surface area contributed by atoms with Gasteiger partial charge >= 0.3 is 0 Å². The molecule has 1 atom stereocenters. The van der Waals surface area contributed by atoms with Crippen molar-refractivity contribution in [1.29, 1.82) is 0 Å². The van der Waals surface area contributed by atoms with Gasteiger partial charge in [0.15, 0.2) is 5.78 Å². The molecule has 0 spiro atoms. The van der Waals surface area contributed by atoms with Crippen LogP contribution in [0.3, 0.4) is 0 Å². The van der Waals surface area contributed by atoms with Crippen LogP contribution in [0.2, 0.25) is 0 Å². The first-order valence-electron chi connectivity index (χ1n) is 6.54. The normalized spacial score (nSPS) is 12.7. The van der Waals surface area contributed by atoms with Crippen LogP contribution in [0.15, 0.2) is 42.5 Å². The van der Waals surface area contributed by atoms with Gasteiger partial charge in [-0.25, -0.2) is 0 Å². The summed E-state index contributed by atoms with van der Waals surface area (Å²) >= 11 is 0. The summed E-state index contributed by atoms with van der Waals surface area (Å²) in [6.45, 7) is 2.82. The number of ketones is 1. The first-order chi connectivity index (χ1) is 9.22. The van der Waals surface area contributed by atoms with Crippen LogP contribution in [0.5, 0.6) is 0 Å². The van der Waals surface area contributed by atoms with Gasteiger partial charge in [0.1, 0.15) is 0 Å². The Morgan fingerprint density at radius 1 is 1.32 bits per heavy atom. The van der Waals surface area contributed by atoms with E-state index in [1.54, 1.807) is 20.1 Å². The lowest BCUT2D eigenvalue weighted by atomic mass is 10.1. The highest BCUT2D eigenvalue weighted by atomic mass is 16.5. The van der Waals surface area contributed by atoms with Crippen LogP contribution >= 0.6 is 0 Å². The number of ether oxygens (including phenoxy) is 2. The lowest BCUT2D eigenvalue weighted by Crippen LogP contribution is -2.13. The molecule has 0 radical (unpaired) electrons. The maximum Gasteiger partial charge on any atom is 0.152 e. The minimum absolute atomic E-state index is 0.0650. The minimum atomic E-state index is 0.0650. The van der Waals surface area contributed by atoms with Gasteiger partial charge in [-0.1, -0.05) is 36.4 Å². The fourth-order valence-corrected chi connectivity index (χ4v) is 1.70. The third-order valence-electron chi connectivity index (χ3n) is 2.78. The van der Waals surface area contributed by atoms with Crippen LogP contribution in [-0.2, 0) is 20.9 Å². The minimum Gasteiger partial charge on any atom is -0.381 e. The van der Waals surface area contributed by atoms with Crippen molar-refractivity contribution in [3.05, 3.63) is 48.0 Å². The van der Waals surface area contributed by atoms with E-state index in [-0.39, 0.29) is 11.9 Å². The van der Waals surface area contributed by atoms with Crippen LogP contribution in [0.4, 0.5) is 0 Å². The Morgan fingerprint density at radius 3 is 2.68 bits per heavy atom. The standard InChI is InChI=1S/C16H22O3/c1-14(17)7-6-10-16(18-2)11-12-19-13-15-8-4-3-5-9-15/h3-9,16H,10-13H2,1-2H3/b7-6+/t16-/m0/s1. The summed E-state index contributed by atoms with van der Waals surface area (Å²) in [4.78, 5) is 10.8. The second kappa shape index (κ2) is 9.48. The van der Waals surface area contributed by atoms with Crippen molar-refractivity contribution in [2.45, 2.75) is 32.5 Å². The molecule has 1 aromatic rings. The summed E-state index contributed by atoms with van der Waals surface area (Å²) in [5, 5.41) is 0. The zero-order chi connectivity index (χ0) is 13.9. The van der Waals surface area contributed by atoms with E-state index >= 15 is 0 Å². The van der Waals surface area contributed by atoms with Gasteiger partial charge in [-0.3, -0.25) is 4.79 Å². The molecule has 0 bridgehead atoms. The van der Waals surface area contributed by atoms with E-state index in [2.05, 4.69) is 0 Å². The average molecular weight is 262 g/mol. The van der Waals surface area contributed by atoms with Crippen molar-refractivity contribution in [3.8, 4) is 0 Å². The Labute approximate surface area is 115 Å². The molecule has 0 N–H and O–H groups in total. The number of hydrogen-bond donors (Lipinski definition) is 0. The highest BCUT2D eigenvalue weighted by Crippen LogP contribution is 2.06. The molecule has 0 unspecified atom stereocenters. The second-order valence-corrected chi connectivity index (χ2v) is 4.43. The third-order valence-corrected chi connectivity index (χ3v) is 2.78. The summed E-state index contributed by atoms with van der Waals surface area (Å²) in [5.74, 6) is 0.0650. The number of benzene rings is 1. The predicted molar refractivity (Wildman–Crippen MR) is 76.0 cm³/mol. The molecule has 0 aliphatic rings. The zero-order valence-electron chi connectivity index (χ0n) is 11.7. The van der Waals surface area contributed by atoms with Crippen LogP contribution in [0.1, 0.15) is 25.3 Å². The smallest absolute Gasteiger partial charge is 0.152 e. The summed E-state index contributed by atoms with van der Waals surface area (Å²) in [6, 6.07) is 10.1. The van der Waals surface area contributed by atoms with Crippen molar-refractivity contribution >= 4 is 5.78 Å². The number of carbonyl (C=O) groups excluding carboxylic acids is 1.